The molecule has 2 fully saturated rings. The van der Waals surface area contributed by atoms with Gasteiger partial charge in [0.15, 0.2) is 11.6 Å². The van der Waals surface area contributed by atoms with E-state index in [1.165, 1.54) is 11.1 Å². The van der Waals surface area contributed by atoms with E-state index < -0.39 is 11.6 Å². The Bertz CT molecular complexity index is 937. The number of aromatic nitrogens is 2. The van der Waals surface area contributed by atoms with Crippen LogP contribution in [0.2, 0.25) is 0 Å². The van der Waals surface area contributed by atoms with Gasteiger partial charge in [0.1, 0.15) is 12.2 Å². The Morgan fingerprint density at radius 1 is 0.667 bits per heavy atom. The highest BCUT2D eigenvalue weighted by Crippen LogP contribution is 2.46. The smallest absolute Gasteiger partial charge is 0.164 e. The number of nitrogens with zero attached hydrogens (tertiary/aromatic N) is 2. The van der Waals surface area contributed by atoms with Gasteiger partial charge in [-0.3, -0.25) is 0 Å². The van der Waals surface area contributed by atoms with Crippen molar-refractivity contribution in [3.05, 3.63) is 46.8 Å². The molecule has 0 N–H and O–H groups in total. The molecule has 2 aromatic heterocycles. The molecule has 0 bridgehead atoms. The zero-order chi connectivity index (χ0) is 20.7. The summed E-state index contributed by atoms with van der Waals surface area (Å²) in [7, 11) is 0. The van der Waals surface area contributed by atoms with Crippen LogP contribution in [-0.2, 0) is 31.8 Å². The minimum Gasteiger partial charge on any atom is -0.344 e. The molecule has 6 heteroatoms. The molecule has 0 amide bonds. The average molecular weight is 408 g/mol. The second-order valence-corrected chi connectivity index (χ2v) is 9.75. The van der Waals surface area contributed by atoms with Gasteiger partial charge in [0.05, 0.1) is 35.0 Å². The normalized spacial score (nSPS) is 32.8. The second-order valence-electron chi connectivity index (χ2n) is 9.75. The van der Waals surface area contributed by atoms with Crippen LogP contribution in [0.25, 0.3) is 11.4 Å². The van der Waals surface area contributed by atoms with Gasteiger partial charge in [-0.05, 0) is 76.6 Å². The van der Waals surface area contributed by atoms with Crippen LogP contribution in [0.4, 0.5) is 0 Å². The SMILES string of the molecule is CC1(C)O[C@H]2CCc3ccc(-c4ccc5c(n4)[C@H]4OC(C)(C)O[C@H]4CC5)nc3[C@H]2O1. The third kappa shape index (κ3) is 3.01. The van der Waals surface area contributed by atoms with Crippen LogP contribution in [0, 0.1) is 0 Å². The van der Waals surface area contributed by atoms with Crippen molar-refractivity contribution in [3.63, 3.8) is 0 Å². The van der Waals surface area contributed by atoms with Crippen LogP contribution in [0.1, 0.15) is 75.3 Å². The van der Waals surface area contributed by atoms with Crippen LogP contribution < -0.4 is 0 Å². The summed E-state index contributed by atoms with van der Waals surface area (Å²) in [5, 5.41) is 0. The van der Waals surface area contributed by atoms with Crippen LogP contribution in [0.3, 0.4) is 0 Å². The minimum atomic E-state index is -0.569. The largest absolute Gasteiger partial charge is 0.344 e. The van der Waals surface area contributed by atoms with Gasteiger partial charge in [-0.1, -0.05) is 12.1 Å². The predicted molar refractivity (Wildman–Crippen MR) is 110 cm³/mol. The van der Waals surface area contributed by atoms with Crippen LogP contribution in [0.15, 0.2) is 24.3 Å². The Kier molecular flexibility index (Phi) is 3.98. The van der Waals surface area contributed by atoms with E-state index in [0.29, 0.717) is 0 Å². The van der Waals surface area contributed by atoms with Gasteiger partial charge < -0.3 is 18.9 Å². The van der Waals surface area contributed by atoms with E-state index in [0.717, 1.165) is 48.5 Å². The predicted octanol–water partition coefficient (Wildman–Crippen LogP) is 4.42. The van der Waals surface area contributed by atoms with E-state index in [1.807, 2.05) is 27.7 Å². The molecule has 30 heavy (non-hydrogen) atoms. The van der Waals surface area contributed by atoms with Crippen molar-refractivity contribution in [3.8, 4) is 11.4 Å². The third-order valence-corrected chi connectivity index (χ3v) is 6.59. The zero-order valence-corrected chi connectivity index (χ0v) is 18.0. The van der Waals surface area contributed by atoms with Crippen molar-refractivity contribution in [2.45, 2.75) is 89.4 Å². The molecule has 2 aliphatic heterocycles. The van der Waals surface area contributed by atoms with Gasteiger partial charge in [0.2, 0.25) is 0 Å². The maximum atomic E-state index is 6.20. The number of hydrogen-bond acceptors (Lipinski definition) is 6. The van der Waals surface area contributed by atoms with Crippen molar-refractivity contribution >= 4 is 0 Å². The fraction of sp³-hybridized carbons (Fsp3) is 0.583. The monoisotopic (exact) mass is 408 g/mol. The fourth-order valence-electron chi connectivity index (χ4n) is 5.36. The standard InChI is InChI=1S/C24H28N2O4/c1-23(2)27-17-11-7-13-5-9-15(25-19(13)21(17)29-23)16-10-6-14-8-12-18-22(20(14)26-16)30-24(3,4)28-18/h5-6,9-10,17-18,21-22H,7-8,11-12H2,1-4H3/t17-,18-,21-,22-/m0/s1. The topological polar surface area (TPSA) is 62.7 Å². The van der Waals surface area contributed by atoms with Gasteiger partial charge in [-0.15, -0.1) is 0 Å². The molecular weight excluding hydrogens is 380 g/mol. The molecule has 0 unspecified atom stereocenters. The summed E-state index contributed by atoms with van der Waals surface area (Å²) in [6.45, 7) is 7.89. The zero-order valence-electron chi connectivity index (χ0n) is 18.0. The minimum absolute atomic E-state index is 0.0683. The summed E-state index contributed by atoms with van der Waals surface area (Å²) in [4.78, 5) is 10.0. The summed E-state index contributed by atoms with van der Waals surface area (Å²) >= 11 is 0. The van der Waals surface area contributed by atoms with Gasteiger partial charge in [0, 0.05) is 0 Å². The molecule has 0 saturated carbocycles. The summed E-state index contributed by atoms with van der Waals surface area (Å²) in [6.07, 6.45) is 3.77. The highest BCUT2D eigenvalue weighted by atomic mass is 16.8. The molecular formula is C24H28N2O4. The van der Waals surface area contributed by atoms with Gasteiger partial charge in [-0.2, -0.15) is 0 Å². The number of fused-ring (bicyclic) bond motifs is 6. The summed E-state index contributed by atoms with van der Waals surface area (Å²) in [5.41, 5.74) is 6.21. The number of hydrogen-bond donors (Lipinski definition) is 0. The molecule has 4 atom stereocenters. The first-order valence-electron chi connectivity index (χ1n) is 11.0. The first kappa shape index (κ1) is 18.9. The van der Waals surface area contributed by atoms with Crippen LogP contribution in [-0.4, -0.2) is 33.8 Å². The average Bonchev–Trinajstić information content (AvgIpc) is 3.20. The molecule has 4 heterocycles. The van der Waals surface area contributed by atoms with Crippen molar-refractivity contribution in [2.24, 2.45) is 0 Å². The van der Waals surface area contributed by atoms with Crippen molar-refractivity contribution in [2.75, 3.05) is 0 Å². The number of ether oxygens (including phenoxy) is 4. The number of pyridine rings is 2. The second kappa shape index (κ2) is 6.33. The molecule has 158 valence electrons. The quantitative estimate of drug-likeness (QED) is 0.696. The molecule has 0 aromatic carbocycles. The Labute approximate surface area is 176 Å². The van der Waals surface area contributed by atoms with E-state index >= 15 is 0 Å². The van der Waals surface area contributed by atoms with E-state index in [-0.39, 0.29) is 24.4 Å². The van der Waals surface area contributed by atoms with Gasteiger partial charge in [-0.25, -0.2) is 9.97 Å². The molecule has 2 saturated heterocycles. The number of rotatable bonds is 1. The lowest BCUT2D eigenvalue weighted by molar-refractivity contribution is -0.147. The molecule has 2 aromatic rings. The van der Waals surface area contributed by atoms with Crippen molar-refractivity contribution in [1.29, 1.82) is 0 Å². The maximum absolute atomic E-state index is 6.20. The lowest BCUT2D eigenvalue weighted by Gasteiger charge is -2.26. The number of aryl methyl sites for hydroxylation is 2. The first-order valence-corrected chi connectivity index (χ1v) is 11.0. The lowest BCUT2D eigenvalue weighted by Crippen LogP contribution is -2.25. The fourth-order valence-corrected chi connectivity index (χ4v) is 5.36. The van der Waals surface area contributed by atoms with Crippen LogP contribution >= 0.6 is 0 Å². The highest BCUT2D eigenvalue weighted by Gasteiger charge is 2.47. The molecule has 0 radical (unpaired) electrons. The maximum Gasteiger partial charge on any atom is 0.164 e. The lowest BCUT2D eigenvalue weighted by atomic mass is 9.90. The summed E-state index contributed by atoms with van der Waals surface area (Å²) in [6, 6.07) is 8.49. The molecule has 6 rings (SSSR count). The summed E-state index contributed by atoms with van der Waals surface area (Å²) < 4.78 is 24.6. The van der Waals surface area contributed by atoms with Gasteiger partial charge >= 0.3 is 0 Å². The third-order valence-electron chi connectivity index (χ3n) is 6.59. The Morgan fingerprint density at radius 3 is 1.53 bits per heavy atom. The summed E-state index contributed by atoms with van der Waals surface area (Å²) in [5.74, 6) is -1.14. The van der Waals surface area contributed by atoms with Crippen molar-refractivity contribution in [1.82, 2.24) is 9.97 Å². The Hall–Kier alpha value is -1.86. The van der Waals surface area contributed by atoms with Gasteiger partial charge in [0.25, 0.3) is 0 Å². The molecule has 2 aliphatic carbocycles. The molecule has 4 aliphatic rings. The van der Waals surface area contributed by atoms with E-state index in [2.05, 4.69) is 24.3 Å². The first-order chi connectivity index (χ1) is 14.3. The Morgan fingerprint density at radius 2 is 1.10 bits per heavy atom. The Balaban J connectivity index is 1.38. The van der Waals surface area contributed by atoms with Crippen molar-refractivity contribution < 1.29 is 18.9 Å². The van der Waals surface area contributed by atoms with E-state index in [1.54, 1.807) is 0 Å². The van der Waals surface area contributed by atoms with E-state index in [9.17, 15) is 0 Å². The van der Waals surface area contributed by atoms with Crippen LogP contribution in [0.5, 0.6) is 0 Å². The molecule has 6 nitrogen and oxygen atoms in total. The highest BCUT2D eigenvalue weighted by molar-refractivity contribution is 5.57. The molecule has 0 spiro atoms. The van der Waals surface area contributed by atoms with E-state index in [4.69, 9.17) is 28.9 Å².